The average molecular weight is 247 g/mol. The number of nitrogens with two attached hydrogens (primary N) is 1. The molecule has 2 atom stereocenters. The van der Waals surface area contributed by atoms with Gasteiger partial charge in [0.15, 0.2) is 0 Å². The molecule has 4 nitrogen and oxygen atoms in total. The molecule has 1 heterocycles. The van der Waals surface area contributed by atoms with Crippen molar-refractivity contribution < 1.29 is 4.79 Å². The number of hydrogen-bond donors (Lipinski definition) is 2. The summed E-state index contributed by atoms with van der Waals surface area (Å²) in [5.41, 5.74) is 7.98. The molecule has 0 radical (unpaired) electrons. The lowest BCUT2D eigenvalue weighted by molar-refractivity contribution is -0.119. The Morgan fingerprint density at radius 1 is 1.56 bits per heavy atom. The number of nitrogens with zero attached hydrogens (tertiary/aromatic N) is 1. The Hall–Kier alpha value is -1.55. The molecule has 1 aliphatic heterocycles. The normalized spacial score (nSPS) is 20.3. The van der Waals surface area contributed by atoms with Gasteiger partial charge in [-0.3, -0.25) is 4.79 Å². The molecule has 3 N–H and O–H groups in total. The van der Waals surface area contributed by atoms with E-state index in [0.29, 0.717) is 12.5 Å². The fourth-order valence-electron chi connectivity index (χ4n) is 2.62. The van der Waals surface area contributed by atoms with E-state index in [1.807, 2.05) is 6.07 Å². The third kappa shape index (κ3) is 2.64. The van der Waals surface area contributed by atoms with Gasteiger partial charge in [-0.15, -0.1) is 0 Å². The van der Waals surface area contributed by atoms with Crippen LogP contribution >= 0.6 is 0 Å². The lowest BCUT2D eigenvalue weighted by Gasteiger charge is -2.36. The maximum atomic E-state index is 11.3. The molecule has 1 aromatic carbocycles. The molecule has 1 aliphatic rings. The molecule has 1 aromatic rings. The Bertz CT molecular complexity index is 433. The van der Waals surface area contributed by atoms with Crippen molar-refractivity contribution in [3.63, 3.8) is 0 Å². The van der Waals surface area contributed by atoms with Crippen molar-refractivity contribution in [3.8, 4) is 0 Å². The summed E-state index contributed by atoms with van der Waals surface area (Å²) in [7, 11) is 1.77. The van der Waals surface area contributed by atoms with Crippen LogP contribution in [0.15, 0.2) is 24.3 Å². The van der Waals surface area contributed by atoms with Crippen LogP contribution in [0.25, 0.3) is 0 Å². The summed E-state index contributed by atoms with van der Waals surface area (Å²) < 4.78 is 0. The van der Waals surface area contributed by atoms with Gasteiger partial charge in [0.1, 0.15) is 6.04 Å². The first-order chi connectivity index (χ1) is 8.61. The molecule has 4 heteroatoms. The van der Waals surface area contributed by atoms with Crippen LogP contribution in [0.3, 0.4) is 0 Å². The molecular formula is C14H21N3O. The largest absolute Gasteiger partial charge is 0.369 e. The molecular weight excluding hydrogens is 226 g/mol. The molecule has 2 unspecified atom stereocenters. The van der Waals surface area contributed by atoms with E-state index in [1.165, 1.54) is 11.3 Å². The molecule has 0 saturated carbocycles. The molecule has 98 valence electrons. The van der Waals surface area contributed by atoms with Crippen LogP contribution in [0.2, 0.25) is 0 Å². The van der Waals surface area contributed by atoms with Crippen LogP contribution in [0, 0.1) is 5.92 Å². The van der Waals surface area contributed by atoms with Crippen LogP contribution in [-0.2, 0) is 11.2 Å². The third-order valence-corrected chi connectivity index (χ3v) is 3.53. The predicted molar refractivity (Wildman–Crippen MR) is 73.6 cm³/mol. The zero-order chi connectivity index (χ0) is 13.1. The van der Waals surface area contributed by atoms with Crippen molar-refractivity contribution in [2.45, 2.75) is 19.4 Å². The van der Waals surface area contributed by atoms with E-state index in [0.717, 1.165) is 13.0 Å². The maximum Gasteiger partial charge on any atom is 0.236 e. The van der Waals surface area contributed by atoms with Crippen LogP contribution in [0.1, 0.15) is 12.5 Å². The summed E-state index contributed by atoms with van der Waals surface area (Å²) in [5.74, 6) is 0.304. The average Bonchev–Trinajstić information content (AvgIpc) is 2.35. The number of likely N-dealkylation sites (N-methyl/N-ethyl adjacent to an activating group) is 1. The minimum absolute atomic E-state index is 0.298. The van der Waals surface area contributed by atoms with Crippen LogP contribution in [-0.4, -0.2) is 32.1 Å². The van der Waals surface area contributed by atoms with E-state index in [2.05, 4.69) is 35.3 Å². The number of carbonyl (C=O) groups excluding carboxylic acids is 1. The van der Waals surface area contributed by atoms with Crippen LogP contribution in [0.5, 0.6) is 0 Å². The SMILES string of the molecule is CNC(CN1CC(C)Cc2ccccc21)C(N)=O. The highest BCUT2D eigenvalue weighted by molar-refractivity contribution is 5.80. The van der Waals surface area contributed by atoms with Crippen molar-refractivity contribution in [3.05, 3.63) is 29.8 Å². The molecule has 1 amide bonds. The lowest BCUT2D eigenvalue weighted by Crippen LogP contribution is -2.50. The Morgan fingerprint density at radius 2 is 2.28 bits per heavy atom. The Balaban J connectivity index is 2.20. The first-order valence-electron chi connectivity index (χ1n) is 6.41. The number of benzene rings is 1. The first kappa shape index (κ1) is 12.9. The highest BCUT2D eigenvalue weighted by Gasteiger charge is 2.24. The lowest BCUT2D eigenvalue weighted by atomic mass is 9.93. The highest BCUT2D eigenvalue weighted by Crippen LogP contribution is 2.29. The summed E-state index contributed by atoms with van der Waals surface area (Å²) in [6.45, 7) is 3.84. The number of anilines is 1. The number of fused-ring (bicyclic) bond motifs is 1. The van der Waals surface area contributed by atoms with Crippen molar-refractivity contribution >= 4 is 11.6 Å². The molecule has 0 fully saturated rings. The zero-order valence-corrected chi connectivity index (χ0v) is 11.0. The minimum Gasteiger partial charge on any atom is -0.369 e. The van der Waals surface area contributed by atoms with Gasteiger partial charge < -0.3 is 16.0 Å². The Labute approximate surface area is 108 Å². The molecule has 0 spiro atoms. The Kier molecular flexibility index (Phi) is 3.87. The summed E-state index contributed by atoms with van der Waals surface area (Å²) in [6.07, 6.45) is 1.10. The molecule has 0 bridgehead atoms. The van der Waals surface area contributed by atoms with Crippen molar-refractivity contribution in [1.29, 1.82) is 0 Å². The molecule has 0 saturated heterocycles. The van der Waals surface area contributed by atoms with Gasteiger partial charge in [-0.25, -0.2) is 0 Å². The molecule has 0 aromatic heterocycles. The topological polar surface area (TPSA) is 58.4 Å². The summed E-state index contributed by atoms with van der Waals surface area (Å²) >= 11 is 0. The third-order valence-electron chi connectivity index (χ3n) is 3.53. The van der Waals surface area contributed by atoms with E-state index in [-0.39, 0.29) is 11.9 Å². The van der Waals surface area contributed by atoms with Gasteiger partial charge in [-0.2, -0.15) is 0 Å². The number of carbonyl (C=O) groups is 1. The van der Waals surface area contributed by atoms with Gasteiger partial charge in [-0.05, 0) is 31.0 Å². The quantitative estimate of drug-likeness (QED) is 0.826. The van der Waals surface area contributed by atoms with Gasteiger partial charge >= 0.3 is 0 Å². The fraction of sp³-hybridized carbons (Fsp3) is 0.500. The van der Waals surface area contributed by atoms with Gasteiger partial charge in [0.2, 0.25) is 5.91 Å². The van der Waals surface area contributed by atoms with Gasteiger partial charge in [0.25, 0.3) is 0 Å². The van der Waals surface area contributed by atoms with E-state index in [1.54, 1.807) is 7.05 Å². The number of para-hydroxylation sites is 1. The van der Waals surface area contributed by atoms with Crippen molar-refractivity contribution in [2.24, 2.45) is 11.7 Å². The second kappa shape index (κ2) is 5.40. The smallest absolute Gasteiger partial charge is 0.236 e. The molecule has 0 aliphatic carbocycles. The number of nitrogens with one attached hydrogen (secondary N) is 1. The first-order valence-corrected chi connectivity index (χ1v) is 6.41. The number of amides is 1. The van der Waals surface area contributed by atoms with Crippen molar-refractivity contribution in [2.75, 3.05) is 25.0 Å². The van der Waals surface area contributed by atoms with Gasteiger partial charge in [-0.1, -0.05) is 25.1 Å². The van der Waals surface area contributed by atoms with Crippen LogP contribution < -0.4 is 16.0 Å². The maximum absolute atomic E-state index is 11.3. The molecule has 2 rings (SSSR count). The number of rotatable bonds is 4. The summed E-state index contributed by atoms with van der Waals surface area (Å²) in [6, 6.07) is 8.09. The Morgan fingerprint density at radius 3 is 2.94 bits per heavy atom. The second-order valence-corrected chi connectivity index (χ2v) is 5.09. The zero-order valence-electron chi connectivity index (χ0n) is 11.0. The number of hydrogen-bond acceptors (Lipinski definition) is 3. The summed E-state index contributed by atoms with van der Waals surface area (Å²) in [4.78, 5) is 13.6. The van der Waals surface area contributed by atoms with E-state index in [4.69, 9.17) is 5.73 Å². The minimum atomic E-state index is -0.302. The van der Waals surface area contributed by atoms with E-state index in [9.17, 15) is 4.79 Å². The van der Waals surface area contributed by atoms with Crippen molar-refractivity contribution in [1.82, 2.24) is 5.32 Å². The fourth-order valence-corrected chi connectivity index (χ4v) is 2.62. The monoisotopic (exact) mass is 247 g/mol. The standard InChI is InChI=1S/C14H21N3O/c1-10-7-11-5-3-4-6-13(11)17(8-10)9-12(16-2)14(15)18/h3-6,10,12,16H,7-9H2,1-2H3,(H2,15,18). The highest BCUT2D eigenvalue weighted by atomic mass is 16.1. The predicted octanol–water partition coefficient (Wildman–Crippen LogP) is 0.758. The van der Waals surface area contributed by atoms with Gasteiger partial charge in [0.05, 0.1) is 0 Å². The number of primary amides is 1. The van der Waals surface area contributed by atoms with E-state index < -0.39 is 0 Å². The molecule has 18 heavy (non-hydrogen) atoms. The van der Waals surface area contributed by atoms with Crippen LogP contribution in [0.4, 0.5) is 5.69 Å². The summed E-state index contributed by atoms with van der Waals surface area (Å²) in [5, 5.41) is 2.98. The second-order valence-electron chi connectivity index (χ2n) is 5.09. The van der Waals surface area contributed by atoms with E-state index >= 15 is 0 Å². The van der Waals surface area contributed by atoms with Gasteiger partial charge in [0, 0.05) is 18.8 Å².